The van der Waals surface area contributed by atoms with Gasteiger partial charge in [0.05, 0.1) is 0 Å². The van der Waals surface area contributed by atoms with Gasteiger partial charge in [-0.15, -0.1) is 11.5 Å². The summed E-state index contributed by atoms with van der Waals surface area (Å²) in [4.78, 5) is 34.8. The van der Waals surface area contributed by atoms with Gasteiger partial charge < -0.3 is 15.7 Å². The van der Waals surface area contributed by atoms with Gasteiger partial charge >= 0.3 is 5.97 Å². The fraction of sp³-hybridized carbons (Fsp3) is 0.450. The average molecular weight is 389 g/mol. The zero-order valence-electron chi connectivity index (χ0n) is 16.8. The smallest absolute Gasteiger partial charge is 0.327 e. The number of carbonyl (C=O) groups excluding carboxylic acids is 2. The number of aliphatic carboxylic acids is 1. The molecule has 2 amide bonds. The second-order valence-electron chi connectivity index (χ2n) is 8.00. The molecule has 0 aliphatic rings. The van der Waals surface area contributed by atoms with Gasteiger partial charge in [-0.05, 0) is 29.3 Å². The van der Waals surface area contributed by atoms with Gasteiger partial charge in [0, 0.05) is 24.6 Å². The fourth-order valence-corrected chi connectivity index (χ4v) is 2.83. The Morgan fingerprint density at radius 3 is 2.15 bits per heavy atom. The number of nitrogens with one attached hydrogen (secondary N) is 2. The summed E-state index contributed by atoms with van der Waals surface area (Å²) >= 11 is 0. The standard InChI is InChI=1S/C20H28N2O4Si/c1-14(23)21-16-11-9-15(10-12-16)18(24)22-17(19(25)26)8-7-13-27(5,6)20(2,3)4/h9-12,17H,8H2,1-6H3,(H,21,23)(H,22,24)(H,25,26)/t17-/m1/s1. The van der Waals surface area contributed by atoms with Gasteiger partial charge in [0.25, 0.3) is 5.91 Å². The Labute approximate surface area is 161 Å². The zero-order valence-corrected chi connectivity index (χ0v) is 17.8. The number of carbonyl (C=O) groups is 3. The van der Waals surface area contributed by atoms with Crippen LogP contribution in [0.1, 0.15) is 44.5 Å². The second-order valence-corrected chi connectivity index (χ2v) is 13.0. The molecule has 0 radical (unpaired) electrons. The summed E-state index contributed by atoms with van der Waals surface area (Å²) in [5, 5.41) is 14.6. The van der Waals surface area contributed by atoms with Crippen LogP contribution in [0.25, 0.3) is 0 Å². The Kier molecular flexibility index (Phi) is 7.37. The van der Waals surface area contributed by atoms with Crippen LogP contribution >= 0.6 is 0 Å². The SMILES string of the molecule is CC(=O)Nc1ccc(C(=O)N[C@H](CC#C[Si](C)(C)C(C)(C)C)C(=O)O)cc1. The lowest BCUT2D eigenvalue weighted by molar-refractivity contribution is -0.139. The highest BCUT2D eigenvalue weighted by Gasteiger charge is 2.33. The molecule has 1 rings (SSSR count). The molecule has 1 aromatic rings. The monoisotopic (exact) mass is 388 g/mol. The van der Waals surface area contributed by atoms with Crippen LogP contribution in [0.5, 0.6) is 0 Å². The maximum atomic E-state index is 12.3. The van der Waals surface area contributed by atoms with Crippen molar-refractivity contribution in [1.82, 2.24) is 5.32 Å². The van der Waals surface area contributed by atoms with Crippen molar-refractivity contribution in [2.75, 3.05) is 5.32 Å². The van der Waals surface area contributed by atoms with Crippen molar-refractivity contribution >= 4 is 31.5 Å². The maximum absolute atomic E-state index is 12.3. The van der Waals surface area contributed by atoms with E-state index >= 15 is 0 Å². The van der Waals surface area contributed by atoms with Crippen LogP contribution < -0.4 is 10.6 Å². The first kappa shape index (κ1) is 22.4. The van der Waals surface area contributed by atoms with Crippen molar-refractivity contribution < 1.29 is 19.5 Å². The van der Waals surface area contributed by atoms with Crippen LogP contribution in [-0.2, 0) is 9.59 Å². The molecule has 0 heterocycles. The highest BCUT2D eigenvalue weighted by atomic mass is 28.3. The topological polar surface area (TPSA) is 95.5 Å². The molecule has 0 spiro atoms. The summed E-state index contributed by atoms with van der Waals surface area (Å²) in [6.07, 6.45) is 0.0531. The van der Waals surface area contributed by atoms with Gasteiger partial charge in [-0.2, -0.15) is 0 Å². The molecule has 0 aliphatic heterocycles. The van der Waals surface area contributed by atoms with Gasteiger partial charge in [0.1, 0.15) is 14.1 Å². The third-order valence-corrected chi connectivity index (χ3v) is 9.20. The highest BCUT2D eigenvalue weighted by Crippen LogP contribution is 2.35. The molecule has 6 nitrogen and oxygen atoms in total. The summed E-state index contributed by atoms with van der Waals surface area (Å²) in [5.74, 6) is 1.14. The summed E-state index contributed by atoms with van der Waals surface area (Å²) < 4.78 is 0. The van der Waals surface area contributed by atoms with E-state index in [0.717, 1.165) is 0 Å². The van der Waals surface area contributed by atoms with Gasteiger partial charge in [0.2, 0.25) is 5.91 Å². The molecule has 0 bridgehead atoms. The molecule has 0 unspecified atom stereocenters. The minimum absolute atomic E-state index is 0.0531. The lowest BCUT2D eigenvalue weighted by Gasteiger charge is -2.31. The predicted octanol–water partition coefficient (Wildman–Crippen LogP) is 3.27. The molecule has 0 fully saturated rings. The van der Waals surface area contributed by atoms with Crippen molar-refractivity contribution in [2.24, 2.45) is 0 Å². The minimum Gasteiger partial charge on any atom is -0.480 e. The van der Waals surface area contributed by atoms with Crippen LogP contribution in [0.3, 0.4) is 0 Å². The number of hydrogen-bond acceptors (Lipinski definition) is 3. The van der Waals surface area contributed by atoms with Gasteiger partial charge in [-0.1, -0.05) is 33.9 Å². The quantitative estimate of drug-likeness (QED) is 0.533. The number of amides is 2. The minimum atomic E-state index is -1.83. The van der Waals surface area contributed by atoms with Crippen LogP contribution in [-0.4, -0.2) is 37.0 Å². The normalized spacial score (nSPS) is 12.4. The van der Waals surface area contributed by atoms with E-state index in [2.05, 4.69) is 56.0 Å². The number of rotatable bonds is 5. The van der Waals surface area contributed by atoms with E-state index in [-0.39, 0.29) is 17.4 Å². The van der Waals surface area contributed by atoms with Gasteiger partial charge in [-0.25, -0.2) is 4.79 Å². The molecule has 1 aromatic carbocycles. The van der Waals surface area contributed by atoms with E-state index < -0.39 is 26.0 Å². The third-order valence-electron chi connectivity index (χ3n) is 4.65. The first-order valence-electron chi connectivity index (χ1n) is 8.75. The summed E-state index contributed by atoms with van der Waals surface area (Å²) in [7, 11) is -1.83. The van der Waals surface area contributed by atoms with E-state index in [9.17, 15) is 19.5 Å². The fourth-order valence-electron chi connectivity index (χ4n) is 1.91. The van der Waals surface area contributed by atoms with Gasteiger partial charge in [-0.3, -0.25) is 9.59 Å². The average Bonchev–Trinajstić information content (AvgIpc) is 2.52. The molecular formula is C20H28N2O4Si. The Bertz CT molecular complexity index is 768. The molecule has 1 atom stereocenters. The Balaban J connectivity index is 2.82. The summed E-state index contributed by atoms with van der Waals surface area (Å²) in [6.45, 7) is 12.1. The van der Waals surface area contributed by atoms with Crippen molar-refractivity contribution in [3.8, 4) is 11.5 Å². The lowest BCUT2D eigenvalue weighted by atomic mass is 10.1. The number of hydrogen-bond donors (Lipinski definition) is 3. The zero-order chi connectivity index (χ0) is 20.8. The second kappa shape index (κ2) is 8.87. The molecule has 3 N–H and O–H groups in total. The van der Waals surface area contributed by atoms with E-state index in [1.165, 1.54) is 19.1 Å². The van der Waals surface area contributed by atoms with E-state index in [0.29, 0.717) is 11.3 Å². The number of benzene rings is 1. The Morgan fingerprint density at radius 1 is 1.15 bits per heavy atom. The molecule has 146 valence electrons. The van der Waals surface area contributed by atoms with Crippen LogP contribution in [0, 0.1) is 11.5 Å². The predicted molar refractivity (Wildman–Crippen MR) is 109 cm³/mol. The van der Waals surface area contributed by atoms with Crippen molar-refractivity contribution in [2.45, 2.75) is 58.3 Å². The number of anilines is 1. The maximum Gasteiger partial charge on any atom is 0.327 e. The molecule has 27 heavy (non-hydrogen) atoms. The van der Waals surface area contributed by atoms with E-state index in [1.807, 2.05) is 0 Å². The van der Waals surface area contributed by atoms with Crippen molar-refractivity contribution in [3.63, 3.8) is 0 Å². The summed E-state index contributed by atoms with van der Waals surface area (Å²) in [6, 6.07) is 5.15. The lowest BCUT2D eigenvalue weighted by Crippen LogP contribution is -2.41. The largest absolute Gasteiger partial charge is 0.480 e. The molecular weight excluding hydrogens is 360 g/mol. The van der Waals surface area contributed by atoms with Crippen LogP contribution in [0.4, 0.5) is 5.69 Å². The van der Waals surface area contributed by atoms with E-state index in [4.69, 9.17) is 0 Å². The third kappa shape index (κ3) is 6.91. The van der Waals surface area contributed by atoms with Crippen molar-refractivity contribution in [3.05, 3.63) is 29.8 Å². The Morgan fingerprint density at radius 2 is 1.70 bits per heavy atom. The molecule has 0 saturated carbocycles. The van der Waals surface area contributed by atoms with Crippen molar-refractivity contribution in [1.29, 1.82) is 0 Å². The number of carboxylic acids is 1. The highest BCUT2D eigenvalue weighted by molar-refractivity contribution is 6.87. The Hall–Kier alpha value is -2.59. The molecule has 0 saturated heterocycles. The van der Waals surface area contributed by atoms with Crippen LogP contribution in [0.15, 0.2) is 24.3 Å². The summed E-state index contributed by atoms with van der Waals surface area (Å²) in [5.41, 5.74) is 4.13. The molecule has 0 aromatic heterocycles. The molecule has 0 aliphatic carbocycles. The first-order valence-corrected chi connectivity index (χ1v) is 11.7. The molecule has 7 heteroatoms. The van der Waals surface area contributed by atoms with Gasteiger partial charge in [0.15, 0.2) is 0 Å². The first-order chi connectivity index (χ1) is 12.3. The van der Waals surface area contributed by atoms with E-state index in [1.54, 1.807) is 12.1 Å². The van der Waals surface area contributed by atoms with Crippen LogP contribution in [0.2, 0.25) is 18.1 Å². The number of carboxylic acid groups (broad SMARTS) is 1.